The quantitative estimate of drug-likeness (QED) is 0.656. The molecule has 3 aromatic rings. The van der Waals surface area contributed by atoms with Crippen LogP contribution in [0.2, 0.25) is 5.02 Å². The summed E-state index contributed by atoms with van der Waals surface area (Å²) in [5.74, 6) is 0.0816. The van der Waals surface area contributed by atoms with E-state index in [-0.39, 0.29) is 16.7 Å². The number of nitrogens with zero attached hydrogens (tertiary/aromatic N) is 2. The molecule has 1 unspecified atom stereocenters. The van der Waals surface area contributed by atoms with E-state index in [0.717, 1.165) is 11.3 Å². The molecule has 0 saturated carbocycles. The molecule has 29 heavy (non-hydrogen) atoms. The topological polar surface area (TPSA) is 96.0 Å². The van der Waals surface area contributed by atoms with E-state index >= 15 is 0 Å². The van der Waals surface area contributed by atoms with Crippen molar-refractivity contribution in [3.63, 3.8) is 0 Å². The van der Waals surface area contributed by atoms with E-state index in [1.54, 1.807) is 29.3 Å². The number of hydrazone groups is 1. The number of rotatable bonds is 4. The standard InChI is InChI=1S/C21H18ClN3O3S/c22-15-6-11-18(21(26)12-15)20-13-19(14-4-2-1-3-5-14)24-25(20)16-7-9-17(10-8-16)29(23,27)28/h1-12,20,26H,13H2,(H2,23,27,28). The van der Waals surface area contributed by atoms with Gasteiger partial charge >= 0.3 is 0 Å². The Balaban J connectivity index is 1.78. The number of sulfonamides is 1. The molecule has 4 rings (SSSR count). The minimum atomic E-state index is -3.78. The third-order valence-corrected chi connectivity index (χ3v) is 5.96. The number of primary sulfonamides is 1. The minimum absolute atomic E-state index is 0.0265. The number of hydrogen-bond donors (Lipinski definition) is 2. The van der Waals surface area contributed by atoms with E-state index in [4.69, 9.17) is 21.8 Å². The lowest BCUT2D eigenvalue weighted by atomic mass is 9.97. The summed E-state index contributed by atoms with van der Waals surface area (Å²) in [6, 6.07) is 20.7. The van der Waals surface area contributed by atoms with E-state index < -0.39 is 10.0 Å². The number of halogens is 1. The summed E-state index contributed by atoms with van der Waals surface area (Å²) in [5.41, 5.74) is 3.21. The predicted octanol–water partition coefficient (Wildman–Crippen LogP) is 4.05. The first-order chi connectivity index (χ1) is 13.8. The van der Waals surface area contributed by atoms with E-state index in [9.17, 15) is 13.5 Å². The van der Waals surface area contributed by atoms with Gasteiger partial charge in [-0.2, -0.15) is 5.10 Å². The maximum Gasteiger partial charge on any atom is 0.238 e. The fraction of sp³-hybridized carbons (Fsp3) is 0.0952. The first-order valence-corrected chi connectivity index (χ1v) is 10.8. The molecule has 1 aliphatic heterocycles. The van der Waals surface area contributed by atoms with Gasteiger partial charge in [0.15, 0.2) is 0 Å². The molecule has 3 aromatic carbocycles. The number of anilines is 1. The van der Waals surface area contributed by atoms with Gasteiger partial charge in [0.05, 0.1) is 22.3 Å². The van der Waals surface area contributed by atoms with E-state index in [1.165, 1.54) is 18.2 Å². The van der Waals surface area contributed by atoms with Gasteiger partial charge in [-0.15, -0.1) is 0 Å². The Morgan fingerprint density at radius 3 is 2.34 bits per heavy atom. The van der Waals surface area contributed by atoms with Crippen molar-refractivity contribution in [1.29, 1.82) is 0 Å². The van der Waals surface area contributed by atoms with Gasteiger partial charge in [0, 0.05) is 17.0 Å². The highest BCUT2D eigenvalue weighted by Gasteiger charge is 2.31. The van der Waals surface area contributed by atoms with Gasteiger partial charge < -0.3 is 5.11 Å². The average Bonchev–Trinajstić information content (AvgIpc) is 3.13. The summed E-state index contributed by atoms with van der Waals surface area (Å²) < 4.78 is 23.1. The molecule has 148 valence electrons. The smallest absolute Gasteiger partial charge is 0.238 e. The Morgan fingerprint density at radius 2 is 1.72 bits per heavy atom. The first kappa shape index (κ1) is 19.4. The van der Waals surface area contributed by atoms with Gasteiger partial charge in [-0.25, -0.2) is 13.6 Å². The zero-order valence-electron chi connectivity index (χ0n) is 15.2. The van der Waals surface area contributed by atoms with Gasteiger partial charge in [-0.1, -0.05) is 48.0 Å². The number of phenols is 1. The SMILES string of the molecule is NS(=O)(=O)c1ccc(N2N=C(c3ccccc3)CC2c2ccc(Cl)cc2O)cc1. The summed E-state index contributed by atoms with van der Waals surface area (Å²) in [6.45, 7) is 0. The molecule has 0 radical (unpaired) electrons. The largest absolute Gasteiger partial charge is 0.508 e. The number of benzene rings is 3. The maximum atomic E-state index is 11.6. The molecule has 1 heterocycles. The molecular formula is C21H18ClN3O3S. The van der Waals surface area contributed by atoms with Gasteiger partial charge in [0.1, 0.15) is 5.75 Å². The number of aromatic hydroxyl groups is 1. The fourth-order valence-corrected chi connectivity index (χ4v) is 4.06. The van der Waals surface area contributed by atoms with Crippen LogP contribution in [0.1, 0.15) is 23.6 Å². The lowest BCUT2D eigenvalue weighted by molar-refractivity contribution is 0.461. The molecule has 6 nitrogen and oxygen atoms in total. The van der Waals surface area contributed by atoms with Crippen LogP contribution in [-0.4, -0.2) is 19.2 Å². The second-order valence-electron chi connectivity index (χ2n) is 6.72. The van der Waals surface area contributed by atoms with Crippen molar-refractivity contribution in [2.45, 2.75) is 17.4 Å². The van der Waals surface area contributed by atoms with Gasteiger partial charge in [-0.3, -0.25) is 5.01 Å². The highest BCUT2D eigenvalue weighted by Crippen LogP contribution is 2.40. The van der Waals surface area contributed by atoms with Crippen LogP contribution in [0.4, 0.5) is 5.69 Å². The van der Waals surface area contributed by atoms with Crippen LogP contribution in [0.3, 0.4) is 0 Å². The summed E-state index contributed by atoms with van der Waals surface area (Å²) >= 11 is 5.99. The van der Waals surface area contributed by atoms with Crippen molar-refractivity contribution in [2.24, 2.45) is 10.2 Å². The van der Waals surface area contributed by atoms with Crippen molar-refractivity contribution in [3.05, 3.63) is 88.9 Å². The highest BCUT2D eigenvalue weighted by atomic mass is 35.5. The van der Waals surface area contributed by atoms with E-state index in [1.807, 2.05) is 30.3 Å². The normalized spacial score (nSPS) is 16.7. The molecule has 3 N–H and O–H groups in total. The molecule has 0 aromatic heterocycles. The summed E-state index contributed by atoms with van der Waals surface area (Å²) in [6.07, 6.45) is 0.566. The monoisotopic (exact) mass is 427 g/mol. The summed E-state index contributed by atoms with van der Waals surface area (Å²) in [4.78, 5) is 0.0265. The van der Waals surface area contributed by atoms with E-state index in [2.05, 4.69) is 0 Å². The first-order valence-electron chi connectivity index (χ1n) is 8.86. The second kappa shape index (κ2) is 7.51. The van der Waals surface area contributed by atoms with Crippen molar-refractivity contribution in [1.82, 2.24) is 0 Å². The number of hydrogen-bond acceptors (Lipinski definition) is 5. The Bertz CT molecular complexity index is 1180. The molecule has 0 spiro atoms. The zero-order valence-corrected chi connectivity index (χ0v) is 16.8. The van der Waals surface area contributed by atoms with Gasteiger partial charge in [0.25, 0.3) is 0 Å². The van der Waals surface area contributed by atoms with Crippen LogP contribution >= 0.6 is 11.6 Å². The lowest BCUT2D eigenvalue weighted by Crippen LogP contribution is -2.19. The minimum Gasteiger partial charge on any atom is -0.508 e. The molecule has 0 amide bonds. The number of nitrogens with two attached hydrogens (primary N) is 1. The Hall–Kier alpha value is -2.87. The van der Waals surface area contributed by atoms with Crippen LogP contribution in [0.25, 0.3) is 0 Å². The van der Waals surface area contributed by atoms with Crippen molar-refractivity contribution >= 4 is 33.0 Å². The molecule has 1 aliphatic rings. The Morgan fingerprint density at radius 1 is 1.03 bits per heavy atom. The lowest BCUT2D eigenvalue weighted by Gasteiger charge is -2.24. The molecule has 0 saturated heterocycles. The van der Waals surface area contributed by atoms with Crippen molar-refractivity contribution in [3.8, 4) is 5.75 Å². The summed E-state index contributed by atoms with van der Waals surface area (Å²) in [7, 11) is -3.78. The average molecular weight is 428 g/mol. The van der Waals surface area contributed by atoms with Crippen LogP contribution in [-0.2, 0) is 10.0 Å². The van der Waals surface area contributed by atoms with Gasteiger partial charge in [-0.05, 0) is 42.0 Å². The molecule has 0 aliphatic carbocycles. The maximum absolute atomic E-state index is 11.6. The summed E-state index contributed by atoms with van der Waals surface area (Å²) in [5, 5.41) is 22.6. The molecule has 8 heteroatoms. The van der Waals surface area contributed by atoms with Crippen molar-refractivity contribution < 1.29 is 13.5 Å². The third kappa shape index (κ3) is 3.98. The highest BCUT2D eigenvalue weighted by molar-refractivity contribution is 7.89. The fourth-order valence-electron chi connectivity index (χ4n) is 3.38. The number of phenolic OH excluding ortho intramolecular Hbond substituents is 1. The molecule has 0 bridgehead atoms. The van der Waals surface area contributed by atoms with E-state index in [0.29, 0.717) is 22.7 Å². The second-order valence-corrected chi connectivity index (χ2v) is 8.72. The predicted molar refractivity (Wildman–Crippen MR) is 114 cm³/mol. The third-order valence-electron chi connectivity index (χ3n) is 4.80. The van der Waals surface area contributed by atoms with Gasteiger partial charge in [0.2, 0.25) is 10.0 Å². The molecular weight excluding hydrogens is 410 g/mol. The van der Waals surface area contributed by atoms with Crippen LogP contribution < -0.4 is 10.1 Å². The van der Waals surface area contributed by atoms with Crippen LogP contribution in [0.5, 0.6) is 5.75 Å². The van der Waals surface area contributed by atoms with Crippen molar-refractivity contribution in [2.75, 3.05) is 5.01 Å². The Kier molecular flexibility index (Phi) is 5.04. The van der Waals surface area contributed by atoms with Crippen LogP contribution in [0, 0.1) is 0 Å². The molecule has 0 fully saturated rings. The Labute approximate surface area is 173 Å². The zero-order chi connectivity index (χ0) is 20.6. The molecule has 1 atom stereocenters. The van der Waals surface area contributed by atoms with Crippen LogP contribution in [0.15, 0.2) is 82.8 Å².